The number of benzene rings is 1. The number of rotatable bonds is 2. The Balaban J connectivity index is 2.22. The molecule has 1 amide bonds. The molecule has 1 heterocycles. The molecule has 0 saturated carbocycles. The molecule has 8 heteroatoms. The zero-order chi connectivity index (χ0) is 14.0. The van der Waals surface area contributed by atoms with E-state index < -0.39 is 0 Å². The van der Waals surface area contributed by atoms with E-state index in [-0.39, 0.29) is 11.7 Å². The van der Waals surface area contributed by atoms with E-state index in [1.807, 2.05) is 6.92 Å². The van der Waals surface area contributed by atoms with Crippen LogP contribution in [0.1, 0.15) is 11.1 Å². The van der Waals surface area contributed by atoms with Gasteiger partial charge in [-0.15, -0.1) is 5.10 Å². The summed E-state index contributed by atoms with van der Waals surface area (Å²) >= 11 is 8.00. The molecule has 0 unspecified atom stereocenters. The summed E-state index contributed by atoms with van der Waals surface area (Å²) < 4.78 is 1.47. The predicted octanol–water partition coefficient (Wildman–Crippen LogP) is 2.78. The van der Waals surface area contributed by atoms with Gasteiger partial charge < -0.3 is 10.4 Å². The van der Waals surface area contributed by atoms with Crippen molar-refractivity contribution in [3.8, 4) is 5.75 Å². The van der Waals surface area contributed by atoms with Crippen molar-refractivity contribution in [1.29, 1.82) is 0 Å². The molecule has 0 atom stereocenters. The number of carbonyl (C=O) groups is 1. The van der Waals surface area contributed by atoms with Crippen LogP contribution in [0, 0.1) is 6.92 Å². The number of nitrogens with zero attached hydrogens (tertiary/aromatic N) is 2. The van der Waals surface area contributed by atoms with Gasteiger partial charge in [-0.1, -0.05) is 27.7 Å². The highest BCUT2D eigenvalue weighted by Gasteiger charge is 2.16. The lowest BCUT2D eigenvalue weighted by Gasteiger charge is -2.06. The first-order valence-corrected chi connectivity index (χ1v) is 7.77. The highest BCUT2D eigenvalue weighted by molar-refractivity contribution is 9.11. The minimum absolute atomic E-state index is 0.0809. The summed E-state index contributed by atoms with van der Waals surface area (Å²) in [7, 11) is 0. The molecule has 0 spiro atoms. The molecule has 2 N–H and O–H groups in total. The average Bonchev–Trinajstić information content (AvgIpc) is 2.79. The average molecular weight is 407 g/mol. The molecule has 100 valence electrons. The summed E-state index contributed by atoms with van der Waals surface area (Å²) in [4.78, 5) is 11.0. The highest BCUT2D eigenvalue weighted by atomic mass is 79.9. The van der Waals surface area contributed by atoms with E-state index in [0.29, 0.717) is 21.0 Å². The maximum atomic E-state index is 11.0. The minimum atomic E-state index is -0.0809. The second kappa shape index (κ2) is 6.06. The van der Waals surface area contributed by atoms with Crippen LogP contribution in [0.4, 0.5) is 0 Å². The molecule has 0 aromatic heterocycles. The minimum Gasteiger partial charge on any atom is -0.506 e. The van der Waals surface area contributed by atoms with Crippen LogP contribution in [0.25, 0.3) is 0 Å². The van der Waals surface area contributed by atoms with Crippen molar-refractivity contribution in [1.82, 2.24) is 5.32 Å². The zero-order valence-corrected chi connectivity index (χ0v) is 13.8. The van der Waals surface area contributed by atoms with E-state index >= 15 is 0 Å². The van der Waals surface area contributed by atoms with Crippen molar-refractivity contribution >= 4 is 60.9 Å². The van der Waals surface area contributed by atoms with E-state index in [0.717, 1.165) is 10.0 Å². The van der Waals surface area contributed by atoms with Crippen LogP contribution in [0.5, 0.6) is 5.75 Å². The molecule has 1 fully saturated rings. The van der Waals surface area contributed by atoms with E-state index in [1.165, 1.54) is 18.0 Å². The third kappa shape index (κ3) is 3.37. The van der Waals surface area contributed by atoms with Gasteiger partial charge in [0.1, 0.15) is 5.75 Å². The van der Waals surface area contributed by atoms with Crippen molar-refractivity contribution in [2.75, 3.05) is 5.75 Å². The Labute approximate surface area is 130 Å². The number of amidine groups is 1. The topological polar surface area (TPSA) is 74.0 Å². The summed E-state index contributed by atoms with van der Waals surface area (Å²) in [5, 5.41) is 20.7. The van der Waals surface area contributed by atoms with Gasteiger partial charge in [0.2, 0.25) is 5.91 Å². The molecule has 0 bridgehead atoms. The van der Waals surface area contributed by atoms with E-state index in [9.17, 15) is 9.90 Å². The van der Waals surface area contributed by atoms with E-state index in [1.54, 1.807) is 6.07 Å². The largest absolute Gasteiger partial charge is 0.506 e. The van der Waals surface area contributed by atoms with E-state index in [4.69, 9.17) is 0 Å². The predicted molar refractivity (Wildman–Crippen MR) is 83.9 cm³/mol. The van der Waals surface area contributed by atoms with Crippen molar-refractivity contribution in [3.63, 3.8) is 0 Å². The second-order valence-corrected chi connectivity index (χ2v) is 6.33. The Morgan fingerprint density at radius 1 is 1.53 bits per heavy atom. The molecule has 1 aromatic carbocycles. The van der Waals surface area contributed by atoms with Crippen LogP contribution in [0.2, 0.25) is 0 Å². The van der Waals surface area contributed by atoms with Crippen molar-refractivity contribution in [2.45, 2.75) is 6.92 Å². The van der Waals surface area contributed by atoms with Gasteiger partial charge in [-0.25, -0.2) is 0 Å². The molecule has 2 rings (SSSR count). The lowest BCUT2D eigenvalue weighted by molar-refractivity contribution is -0.116. The second-order valence-electron chi connectivity index (χ2n) is 3.72. The number of amides is 1. The van der Waals surface area contributed by atoms with Crippen LogP contribution in [-0.2, 0) is 4.79 Å². The maximum absolute atomic E-state index is 11.0. The summed E-state index contributed by atoms with van der Waals surface area (Å²) in [6, 6.07) is 1.75. The van der Waals surface area contributed by atoms with Gasteiger partial charge in [0.25, 0.3) is 0 Å². The maximum Gasteiger partial charge on any atom is 0.236 e. The standard InChI is InChI=1S/C11H9Br2N3O2S/c1-5-7(12)2-6(10(18)9(5)13)3-14-16-11-15-8(17)4-19-11/h2-3,18H,4H2,1H3,(H,15,16,17). The fraction of sp³-hybridized carbons (Fsp3) is 0.182. The summed E-state index contributed by atoms with van der Waals surface area (Å²) in [5.74, 6) is 0.386. The number of phenolic OH excluding ortho intramolecular Hbond substituents is 1. The Hall–Kier alpha value is -0.860. The first kappa shape index (κ1) is 14.5. The SMILES string of the molecule is Cc1c(Br)cc(C=NN=C2NC(=O)CS2)c(O)c1Br. The summed E-state index contributed by atoms with van der Waals surface area (Å²) in [5.41, 5.74) is 1.43. The molecule has 1 aromatic rings. The van der Waals surface area contributed by atoms with Crippen molar-refractivity contribution < 1.29 is 9.90 Å². The highest BCUT2D eigenvalue weighted by Crippen LogP contribution is 2.35. The number of hydrogen-bond donors (Lipinski definition) is 2. The van der Waals surface area contributed by atoms with Gasteiger partial charge in [-0.3, -0.25) is 4.79 Å². The Morgan fingerprint density at radius 3 is 2.89 bits per heavy atom. The molecule has 1 aliphatic rings. The first-order valence-electron chi connectivity index (χ1n) is 5.20. The molecular formula is C11H9Br2N3O2S. The van der Waals surface area contributed by atoms with Gasteiger partial charge in [-0.05, 0) is 34.5 Å². The van der Waals surface area contributed by atoms with Gasteiger partial charge >= 0.3 is 0 Å². The number of thioether (sulfide) groups is 1. The number of halogens is 2. The molecule has 0 radical (unpaired) electrons. The van der Waals surface area contributed by atoms with Crippen LogP contribution < -0.4 is 5.32 Å². The lowest BCUT2D eigenvalue weighted by atomic mass is 10.1. The molecule has 1 aliphatic heterocycles. The van der Waals surface area contributed by atoms with Crippen molar-refractivity contribution in [3.05, 3.63) is 26.1 Å². The first-order chi connectivity index (χ1) is 8.99. The van der Waals surface area contributed by atoms with Gasteiger partial charge in [0.15, 0.2) is 5.17 Å². The monoisotopic (exact) mass is 405 g/mol. The molecule has 1 saturated heterocycles. The molecule has 5 nitrogen and oxygen atoms in total. The molecular weight excluding hydrogens is 398 g/mol. The zero-order valence-electron chi connectivity index (χ0n) is 9.78. The smallest absolute Gasteiger partial charge is 0.236 e. The van der Waals surface area contributed by atoms with Crippen LogP contribution in [0.3, 0.4) is 0 Å². The molecule has 0 aliphatic carbocycles. The quantitative estimate of drug-likeness (QED) is 0.585. The van der Waals surface area contributed by atoms with Crippen LogP contribution in [-0.4, -0.2) is 28.1 Å². The summed E-state index contributed by atoms with van der Waals surface area (Å²) in [6.45, 7) is 1.87. The third-order valence-corrected chi connectivity index (χ3v) is 5.04. The van der Waals surface area contributed by atoms with E-state index in [2.05, 4.69) is 47.4 Å². The van der Waals surface area contributed by atoms with Crippen molar-refractivity contribution in [2.24, 2.45) is 10.2 Å². The molecule has 19 heavy (non-hydrogen) atoms. The Bertz CT molecular complexity index is 602. The number of hydrogen-bond acceptors (Lipinski definition) is 5. The lowest BCUT2D eigenvalue weighted by Crippen LogP contribution is -2.19. The van der Waals surface area contributed by atoms with Crippen LogP contribution in [0.15, 0.2) is 25.2 Å². The fourth-order valence-corrected chi connectivity index (χ4v) is 3.13. The van der Waals surface area contributed by atoms with Gasteiger partial charge in [0, 0.05) is 10.0 Å². The number of carbonyl (C=O) groups excluding carboxylic acids is 1. The third-order valence-electron chi connectivity index (χ3n) is 2.38. The Kier molecular flexibility index (Phi) is 4.64. The Morgan fingerprint density at radius 2 is 2.26 bits per heavy atom. The normalized spacial score (nSPS) is 17.4. The fourth-order valence-electron chi connectivity index (χ4n) is 1.34. The van der Waals surface area contributed by atoms with Gasteiger partial charge in [-0.2, -0.15) is 5.10 Å². The van der Waals surface area contributed by atoms with Crippen LogP contribution >= 0.6 is 43.6 Å². The summed E-state index contributed by atoms with van der Waals surface area (Å²) in [6.07, 6.45) is 1.43. The number of aromatic hydroxyl groups is 1. The number of phenols is 1. The number of nitrogens with one attached hydrogen (secondary N) is 1. The van der Waals surface area contributed by atoms with Gasteiger partial charge in [0.05, 0.1) is 16.4 Å².